The van der Waals surface area contributed by atoms with Crippen molar-refractivity contribution in [1.82, 2.24) is 5.32 Å². The van der Waals surface area contributed by atoms with Crippen LogP contribution >= 0.6 is 0 Å². The lowest BCUT2D eigenvalue weighted by atomic mass is 10.1. The van der Waals surface area contributed by atoms with E-state index in [1.54, 1.807) is 19.2 Å². The van der Waals surface area contributed by atoms with E-state index in [1.165, 1.54) is 4.90 Å². The number of imide groups is 1. The molecule has 2 aromatic rings. The molecule has 0 aromatic heterocycles. The largest absolute Gasteiger partial charge is 0.497 e. The van der Waals surface area contributed by atoms with E-state index in [0.29, 0.717) is 12.2 Å². The van der Waals surface area contributed by atoms with Gasteiger partial charge >= 0.3 is 0 Å². The van der Waals surface area contributed by atoms with Gasteiger partial charge in [0.2, 0.25) is 5.91 Å². The standard InChI is InChI=1S/C19H20N2O3/c1-24-16-9-5-6-14(12-16)10-11-20-17-13-18(22)21(19(17)23)15-7-3-2-4-8-15/h2-9,12,17,20H,10-11,13H2,1H3. The summed E-state index contributed by atoms with van der Waals surface area (Å²) in [7, 11) is 1.64. The number of amides is 2. The van der Waals surface area contributed by atoms with Gasteiger partial charge in [-0.25, -0.2) is 4.90 Å². The van der Waals surface area contributed by atoms with Gasteiger partial charge in [0.05, 0.1) is 25.3 Å². The Kier molecular flexibility index (Phi) is 4.91. The predicted molar refractivity (Wildman–Crippen MR) is 92.0 cm³/mol. The number of anilines is 1. The van der Waals surface area contributed by atoms with Crippen LogP contribution in [0.3, 0.4) is 0 Å². The molecule has 1 heterocycles. The van der Waals surface area contributed by atoms with Gasteiger partial charge < -0.3 is 10.1 Å². The molecule has 1 unspecified atom stereocenters. The Morgan fingerprint density at radius 3 is 2.67 bits per heavy atom. The molecule has 1 fully saturated rings. The summed E-state index contributed by atoms with van der Waals surface area (Å²) >= 11 is 0. The van der Waals surface area contributed by atoms with Gasteiger partial charge in [0.15, 0.2) is 0 Å². The number of methoxy groups -OCH3 is 1. The molecule has 1 atom stereocenters. The zero-order valence-electron chi connectivity index (χ0n) is 13.6. The molecule has 0 saturated carbocycles. The van der Waals surface area contributed by atoms with Crippen LogP contribution in [0.25, 0.3) is 0 Å². The molecule has 5 heteroatoms. The molecule has 0 spiro atoms. The van der Waals surface area contributed by atoms with Gasteiger partial charge in [-0.05, 0) is 42.8 Å². The van der Waals surface area contributed by atoms with E-state index in [2.05, 4.69) is 5.32 Å². The third-order valence-electron chi connectivity index (χ3n) is 4.10. The third kappa shape index (κ3) is 3.46. The Bertz CT molecular complexity index is 730. The summed E-state index contributed by atoms with van der Waals surface area (Å²) in [6.07, 6.45) is 0.965. The second-order valence-corrected chi connectivity index (χ2v) is 5.72. The van der Waals surface area contributed by atoms with E-state index in [1.807, 2.05) is 42.5 Å². The van der Waals surface area contributed by atoms with Crippen LogP contribution in [0.5, 0.6) is 5.75 Å². The molecular formula is C19H20N2O3. The Labute approximate surface area is 141 Å². The monoisotopic (exact) mass is 324 g/mol. The van der Waals surface area contributed by atoms with Crippen LogP contribution in [0.1, 0.15) is 12.0 Å². The number of para-hydroxylation sites is 1. The van der Waals surface area contributed by atoms with Crippen LogP contribution in [0.15, 0.2) is 54.6 Å². The molecule has 2 amide bonds. The zero-order valence-corrected chi connectivity index (χ0v) is 13.6. The highest BCUT2D eigenvalue weighted by Gasteiger charge is 2.38. The van der Waals surface area contributed by atoms with Crippen molar-refractivity contribution in [3.8, 4) is 5.75 Å². The fourth-order valence-corrected chi connectivity index (χ4v) is 2.86. The summed E-state index contributed by atoms with van der Waals surface area (Å²) in [5.41, 5.74) is 1.75. The zero-order chi connectivity index (χ0) is 16.9. The molecule has 1 saturated heterocycles. The highest BCUT2D eigenvalue weighted by Crippen LogP contribution is 2.22. The van der Waals surface area contributed by atoms with E-state index in [-0.39, 0.29) is 18.2 Å². The number of carbonyl (C=O) groups excluding carboxylic acids is 2. The first-order valence-electron chi connectivity index (χ1n) is 7.97. The van der Waals surface area contributed by atoms with Crippen LogP contribution in [-0.2, 0) is 16.0 Å². The number of rotatable bonds is 6. The number of carbonyl (C=O) groups is 2. The molecule has 1 aliphatic rings. The lowest BCUT2D eigenvalue weighted by Crippen LogP contribution is -2.39. The van der Waals surface area contributed by atoms with Crippen LogP contribution in [0.4, 0.5) is 5.69 Å². The summed E-state index contributed by atoms with van der Waals surface area (Å²) in [5, 5.41) is 3.19. The number of nitrogens with one attached hydrogen (secondary N) is 1. The van der Waals surface area contributed by atoms with E-state index in [0.717, 1.165) is 17.7 Å². The number of hydrogen-bond acceptors (Lipinski definition) is 4. The predicted octanol–water partition coefficient (Wildman–Crippen LogP) is 2.16. The van der Waals surface area contributed by atoms with Crippen molar-refractivity contribution in [1.29, 1.82) is 0 Å². The fraction of sp³-hybridized carbons (Fsp3) is 0.263. The number of benzene rings is 2. The second kappa shape index (κ2) is 7.27. The van der Waals surface area contributed by atoms with Crippen LogP contribution in [0.2, 0.25) is 0 Å². The first kappa shape index (κ1) is 16.2. The maximum Gasteiger partial charge on any atom is 0.251 e. The van der Waals surface area contributed by atoms with Crippen LogP contribution < -0.4 is 15.0 Å². The summed E-state index contributed by atoms with van der Waals surface area (Å²) in [5.74, 6) is 0.469. The van der Waals surface area contributed by atoms with Gasteiger partial charge in [-0.1, -0.05) is 30.3 Å². The molecule has 5 nitrogen and oxygen atoms in total. The lowest BCUT2D eigenvalue weighted by Gasteiger charge is -2.15. The van der Waals surface area contributed by atoms with E-state index < -0.39 is 6.04 Å². The first-order chi connectivity index (χ1) is 11.7. The van der Waals surface area contributed by atoms with E-state index >= 15 is 0 Å². The van der Waals surface area contributed by atoms with Gasteiger partial charge in [-0.3, -0.25) is 9.59 Å². The third-order valence-corrected chi connectivity index (χ3v) is 4.10. The van der Waals surface area contributed by atoms with Gasteiger partial charge in [-0.2, -0.15) is 0 Å². The van der Waals surface area contributed by atoms with Crippen LogP contribution in [-0.4, -0.2) is 31.5 Å². The molecule has 3 rings (SSSR count). The SMILES string of the molecule is COc1cccc(CCNC2CC(=O)N(c3ccccc3)C2=O)c1. The van der Waals surface area contributed by atoms with Gasteiger partial charge in [0.1, 0.15) is 5.75 Å². The minimum Gasteiger partial charge on any atom is -0.497 e. The highest BCUT2D eigenvalue weighted by atomic mass is 16.5. The minimum atomic E-state index is -0.455. The Morgan fingerprint density at radius 1 is 1.12 bits per heavy atom. The van der Waals surface area contributed by atoms with Crippen molar-refractivity contribution in [2.45, 2.75) is 18.9 Å². The molecule has 2 aromatic carbocycles. The maximum absolute atomic E-state index is 12.5. The molecule has 0 aliphatic carbocycles. The summed E-state index contributed by atoms with van der Waals surface area (Å²) < 4.78 is 5.20. The second-order valence-electron chi connectivity index (χ2n) is 5.72. The average Bonchev–Trinajstić information content (AvgIpc) is 2.89. The Morgan fingerprint density at radius 2 is 1.92 bits per heavy atom. The molecule has 24 heavy (non-hydrogen) atoms. The number of ether oxygens (including phenoxy) is 1. The quantitative estimate of drug-likeness (QED) is 0.827. The molecule has 1 aliphatic heterocycles. The summed E-state index contributed by atoms with van der Waals surface area (Å²) in [6, 6.07) is 16.4. The molecule has 124 valence electrons. The lowest BCUT2D eigenvalue weighted by molar-refractivity contribution is -0.121. The van der Waals surface area contributed by atoms with Crippen molar-refractivity contribution in [3.05, 3.63) is 60.2 Å². The van der Waals surface area contributed by atoms with Crippen LogP contribution in [0, 0.1) is 0 Å². The normalized spacial score (nSPS) is 17.4. The topological polar surface area (TPSA) is 58.6 Å². The highest BCUT2D eigenvalue weighted by molar-refractivity contribution is 6.22. The van der Waals surface area contributed by atoms with Crippen molar-refractivity contribution < 1.29 is 14.3 Å². The smallest absolute Gasteiger partial charge is 0.251 e. The van der Waals surface area contributed by atoms with E-state index in [9.17, 15) is 9.59 Å². The fourth-order valence-electron chi connectivity index (χ4n) is 2.86. The maximum atomic E-state index is 12.5. The minimum absolute atomic E-state index is 0.162. The van der Waals surface area contributed by atoms with E-state index in [4.69, 9.17) is 4.74 Å². The molecular weight excluding hydrogens is 304 g/mol. The van der Waals surface area contributed by atoms with Gasteiger partial charge in [-0.15, -0.1) is 0 Å². The number of hydrogen-bond donors (Lipinski definition) is 1. The van der Waals surface area contributed by atoms with Crippen molar-refractivity contribution >= 4 is 17.5 Å². The molecule has 0 radical (unpaired) electrons. The summed E-state index contributed by atoms with van der Waals surface area (Å²) in [6.45, 7) is 0.624. The van der Waals surface area contributed by atoms with Crippen molar-refractivity contribution in [3.63, 3.8) is 0 Å². The van der Waals surface area contributed by atoms with Crippen molar-refractivity contribution in [2.24, 2.45) is 0 Å². The Balaban J connectivity index is 1.58. The Hall–Kier alpha value is -2.66. The molecule has 0 bridgehead atoms. The first-order valence-corrected chi connectivity index (χ1v) is 7.97. The summed E-state index contributed by atoms with van der Waals surface area (Å²) in [4.78, 5) is 25.9. The molecule has 1 N–H and O–H groups in total. The number of nitrogens with zero attached hydrogens (tertiary/aromatic N) is 1. The average molecular weight is 324 g/mol. The van der Waals surface area contributed by atoms with Crippen molar-refractivity contribution in [2.75, 3.05) is 18.6 Å². The van der Waals surface area contributed by atoms with Gasteiger partial charge in [0, 0.05) is 0 Å². The van der Waals surface area contributed by atoms with Gasteiger partial charge in [0.25, 0.3) is 5.91 Å².